The van der Waals surface area contributed by atoms with Crippen LogP contribution in [0.3, 0.4) is 0 Å². The number of hydrogen-bond donors (Lipinski definition) is 0. The first-order valence-corrected chi connectivity index (χ1v) is 5.08. The van der Waals surface area contributed by atoms with E-state index in [1.54, 1.807) is 0 Å². The van der Waals surface area contributed by atoms with Crippen LogP contribution in [0.25, 0.3) is 0 Å². The molecule has 2 rings (SSSR count). The van der Waals surface area contributed by atoms with Crippen LogP contribution in [0, 0.1) is 12.3 Å². The van der Waals surface area contributed by atoms with Crippen molar-refractivity contribution in [2.45, 2.75) is 25.4 Å². The molecule has 1 fully saturated rings. The summed E-state index contributed by atoms with van der Waals surface area (Å²) >= 11 is 0. The lowest BCUT2D eigenvalue weighted by Gasteiger charge is -2.22. The molecule has 1 nitrogen and oxygen atoms in total. The van der Waals surface area contributed by atoms with Crippen molar-refractivity contribution in [1.29, 1.82) is 0 Å². The molecule has 0 bridgehead atoms. The maximum Gasteiger partial charge on any atom is 0.0824 e. The first-order chi connectivity index (χ1) is 6.90. The summed E-state index contributed by atoms with van der Waals surface area (Å²) in [7, 11) is 0. The Morgan fingerprint density at radius 2 is 2.00 bits per heavy atom. The van der Waals surface area contributed by atoms with Gasteiger partial charge in [-0.1, -0.05) is 18.1 Å². The summed E-state index contributed by atoms with van der Waals surface area (Å²) in [5.41, 5.74) is 2.19. The van der Waals surface area contributed by atoms with E-state index in [9.17, 15) is 0 Å². The van der Waals surface area contributed by atoms with E-state index >= 15 is 0 Å². The summed E-state index contributed by atoms with van der Waals surface area (Å²) in [6.45, 7) is 0.890. The number of hydrogen-bond acceptors (Lipinski definition) is 1. The molecule has 1 atom stereocenters. The van der Waals surface area contributed by atoms with Crippen LogP contribution in [0.1, 0.15) is 36.5 Å². The normalized spacial score (nSPS) is 21.5. The monoisotopic (exact) mass is 186 g/mol. The van der Waals surface area contributed by atoms with Gasteiger partial charge in [-0.3, -0.25) is 0 Å². The van der Waals surface area contributed by atoms with Gasteiger partial charge in [-0.25, -0.2) is 0 Å². The van der Waals surface area contributed by atoms with Crippen molar-refractivity contribution in [3.63, 3.8) is 0 Å². The molecule has 0 radical (unpaired) electrons. The molecule has 72 valence electrons. The Bertz CT molecular complexity index is 325. The Labute approximate surface area is 85.1 Å². The van der Waals surface area contributed by atoms with Crippen molar-refractivity contribution >= 4 is 0 Å². The van der Waals surface area contributed by atoms with Crippen molar-refractivity contribution < 1.29 is 4.74 Å². The summed E-state index contributed by atoms with van der Waals surface area (Å²) in [5.74, 6) is 2.62. The molecule has 1 unspecified atom stereocenters. The van der Waals surface area contributed by atoms with Crippen LogP contribution in [0.4, 0.5) is 0 Å². The Kier molecular flexibility index (Phi) is 2.86. The molecular weight excluding hydrogens is 172 g/mol. The summed E-state index contributed by atoms with van der Waals surface area (Å²) in [6.07, 6.45) is 9.18. The number of ether oxygens (including phenoxy) is 1. The number of terminal acetylenes is 1. The van der Waals surface area contributed by atoms with Gasteiger partial charge in [-0.05, 0) is 37.0 Å². The average molecular weight is 186 g/mol. The van der Waals surface area contributed by atoms with Gasteiger partial charge in [0.1, 0.15) is 0 Å². The van der Waals surface area contributed by atoms with Gasteiger partial charge in [0.25, 0.3) is 0 Å². The van der Waals surface area contributed by atoms with Gasteiger partial charge in [-0.2, -0.15) is 0 Å². The van der Waals surface area contributed by atoms with Crippen molar-refractivity contribution in [2.24, 2.45) is 0 Å². The number of rotatable bonds is 1. The summed E-state index contributed by atoms with van der Waals surface area (Å²) < 4.78 is 5.69. The molecule has 1 aromatic rings. The highest BCUT2D eigenvalue weighted by molar-refractivity contribution is 5.34. The van der Waals surface area contributed by atoms with Gasteiger partial charge in [-0.15, -0.1) is 6.42 Å². The molecule has 1 heteroatoms. The third-order valence-corrected chi connectivity index (χ3v) is 2.63. The van der Waals surface area contributed by atoms with Crippen LogP contribution in [0.2, 0.25) is 0 Å². The van der Waals surface area contributed by atoms with Crippen LogP contribution in [0.5, 0.6) is 0 Å². The minimum absolute atomic E-state index is 0.288. The molecule has 0 N–H and O–H groups in total. The van der Waals surface area contributed by atoms with Crippen molar-refractivity contribution in [1.82, 2.24) is 0 Å². The minimum Gasteiger partial charge on any atom is -0.374 e. The van der Waals surface area contributed by atoms with Crippen LogP contribution >= 0.6 is 0 Å². The van der Waals surface area contributed by atoms with Crippen LogP contribution in [-0.2, 0) is 4.74 Å². The van der Waals surface area contributed by atoms with Gasteiger partial charge < -0.3 is 4.74 Å². The molecule has 0 aliphatic carbocycles. The largest absolute Gasteiger partial charge is 0.374 e. The Hall–Kier alpha value is -1.26. The maximum atomic E-state index is 5.69. The second-order valence-corrected chi connectivity index (χ2v) is 3.62. The number of benzene rings is 1. The van der Waals surface area contributed by atoms with Crippen molar-refractivity contribution in [2.75, 3.05) is 6.61 Å². The Balaban J connectivity index is 2.12. The van der Waals surface area contributed by atoms with Gasteiger partial charge in [0, 0.05) is 12.2 Å². The zero-order chi connectivity index (χ0) is 9.80. The molecule has 1 heterocycles. The molecule has 0 amide bonds. The molecule has 0 aromatic heterocycles. The van der Waals surface area contributed by atoms with E-state index in [-0.39, 0.29) is 6.10 Å². The molecule has 1 saturated heterocycles. The van der Waals surface area contributed by atoms with E-state index < -0.39 is 0 Å². The first kappa shape index (κ1) is 9.30. The lowest BCUT2D eigenvalue weighted by Crippen LogP contribution is -2.11. The highest BCUT2D eigenvalue weighted by Crippen LogP contribution is 2.27. The predicted molar refractivity (Wildman–Crippen MR) is 56.9 cm³/mol. The average Bonchev–Trinajstić information content (AvgIpc) is 2.30. The van der Waals surface area contributed by atoms with E-state index in [0.717, 1.165) is 18.6 Å². The Morgan fingerprint density at radius 1 is 1.21 bits per heavy atom. The van der Waals surface area contributed by atoms with Gasteiger partial charge >= 0.3 is 0 Å². The quantitative estimate of drug-likeness (QED) is 0.613. The highest BCUT2D eigenvalue weighted by Gasteiger charge is 2.15. The Morgan fingerprint density at radius 3 is 2.57 bits per heavy atom. The molecule has 1 aromatic carbocycles. The van der Waals surface area contributed by atoms with Gasteiger partial charge in [0.05, 0.1) is 6.10 Å². The fraction of sp³-hybridized carbons (Fsp3) is 0.385. The molecule has 0 saturated carbocycles. The lowest BCUT2D eigenvalue weighted by atomic mass is 10.0. The predicted octanol–water partition coefficient (Wildman–Crippen LogP) is 2.91. The second-order valence-electron chi connectivity index (χ2n) is 3.62. The standard InChI is InChI=1S/C13H14O/c1-2-11-6-8-12(9-7-11)13-5-3-4-10-14-13/h1,6-9,13H,3-5,10H2. The highest BCUT2D eigenvalue weighted by atomic mass is 16.5. The molecular formula is C13H14O. The van der Waals surface area contributed by atoms with E-state index in [1.807, 2.05) is 12.1 Å². The summed E-state index contributed by atoms with van der Waals surface area (Å²) in [5, 5.41) is 0. The van der Waals surface area contributed by atoms with Crippen molar-refractivity contribution in [3.05, 3.63) is 35.4 Å². The smallest absolute Gasteiger partial charge is 0.0824 e. The van der Waals surface area contributed by atoms with Crippen molar-refractivity contribution in [3.8, 4) is 12.3 Å². The van der Waals surface area contributed by atoms with Crippen LogP contribution < -0.4 is 0 Å². The molecule has 1 aliphatic rings. The van der Waals surface area contributed by atoms with E-state index in [1.165, 1.54) is 18.4 Å². The van der Waals surface area contributed by atoms with Crippen LogP contribution in [-0.4, -0.2) is 6.61 Å². The minimum atomic E-state index is 0.288. The van der Waals surface area contributed by atoms with E-state index in [4.69, 9.17) is 11.2 Å². The third kappa shape index (κ3) is 1.97. The second kappa shape index (κ2) is 4.30. The fourth-order valence-corrected chi connectivity index (χ4v) is 1.80. The third-order valence-electron chi connectivity index (χ3n) is 2.63. The van der Waals surface area contributed by atoms with Gasteiger partial charge in [0.2, 0.25) is 0 Å². The van der Waals surface area contributed by atoms with Gasteiger partial charge in [0.15, 0.2) is 0 Å². The summed E-state index contributed by atoms with van der Waals surface area (Å²) in [4.78, 5) is 0. The molecule has 0 spiro atoms. The van der Waals surface area contributed by atoms with E-state index in [0.29, 0.717) is 0 Å². The van der Waals surface area contributed by atoms with E-state index in [2.05, 4.69) is 18.1 Å². The fourth-order valence-electron chi connectivity index (χ4n) is 1.80. The molecule has 14 heavy (non-hydrogen) atoms. The first-order valence-electron chi connectivity index (χ1n) is 5.08. The summed E-state index contributed by atoms with van der Waals surface area (Å²) in [6, 6.07) is 8.11. The van der Waals surface area contributed by atoms with Crippen LogP contribution in [0.15, 0.2) is 24.3 Å². The maximum absolute atomic E-state index is 5.69. The lowest BCUT2D eigenvalue weighted by molar-refractivity contribution is 0.0149. The zero-order valence-electron chi connectivity index (χ0n) is 8.20. The zero-order valence-corrected chi connectivity index (χ0v) is 8.20. The molecule has 1 aliphatic heterocycles. The SMILES string of the molecule is C#Cc1ccc(C2CCCCO2)cc1. The topological polar surface area (TPSA) is 9.23 Å².